The number of hydrogen-bond acceptors (Lipinski definition) is 3. The van der Waals surface area contributed by atoms with Crippen molar-refractivity contribution in [1.82, 2.24) is 10.6 Å². The number of halogens is 3. The molecule has 1 unspecified atom stereocenters. The second-order valence-corrected chi connectivity index (χ2v) is 5.68. The number of hydrogen-bond donors (Lipinski definition) is 2. The molecule has 1 amide bonds. The van der Waals surface area contributed by atoms with Crippen LogP contribution in [0.1, 0.15) is 30.1 Å². The average Bonchev–Trinajstić information content (AvgIpc) is 2.45. The molecule has 1 aromatic carbocycles. The molecule has 0 aliphatic carbocycles. The van der Waals surface area contributed by atoms with E-state index in [1.165, 1.54) is 18.2 Å². The zero-order valence-corrected chi connectivity index (χ0v) is 13.2. The third-order valence-corrected chi connectivity index (χ3v) is 3.68. The third kappa shape index (κ3) is 5.42. The summed E-state index contributed by atoms with van der Waals surface area (Å²) in [5.74, 6) is -0.287. The summed E-state index contributed by atoms with van der Waals surface area (Å²) in [6, 6.07) is 5.82. The summed E-state index contributed by atoms with van der Waals surface area (Å²) in [6.07, 6.45) is 2.14. The topological polar surface area (TPSA) is 50.4 Å². The Morgan fingerprint density at radius 3 is 2.91 bits per heavy atom. The highest BCUT2D eigenvalue weighted by molar-refractivity contribution is 5.94. The molecule has 1 fully saturated rings. The fourth-order valence-electron chi connectivity index (χ4n) is 2.48. The van der Waals surface area contributed by atoms with Gasteiger partial charge in [0.1, 0.15) is 5.75 Å². The van der Waals surface area contributed by atoms with E-state index >= 15 is 0 Å². The van der Waals surface area contributed by atoms with Crippen LogP contribution in [-0.2, 0) is 0 Å². The van der Waals surface area contributed by atoms with Crippen LogP contribution in [0, 0.1) is 5.41 Å². The molecule has 2 rings (SSSR count). The van der Waals surface area contributed by atoms with E-state index < -0.39 is 6.61 Å². The zero-order valence-electron chi connectivity index (χ0n) is 12.4. The maximum absolute atomic E-state index is 12.2. The lowest BCUT2D eigenvalue weighted by atomic mass is 9.83. The van der Waals surface area contributed by atoms with Gasteiger partial charge >= 0.3 is 6.61 Å². The number of benzene rings is 1. The number of ether oxygens (including phenoxy) is 1. The molecule has 0 aromatic heterocycles. The first-order valence-corrected chi connectivity index (χ1v) is 7.02. The van der Waals surface area contributed by atoms with E-state index in [0.29, 0.717) is 12.1 Å². The van der Waals surface area contributed by atoms with Gasteiger partial charge in [-0.05, 0) is 43.0 Å². The number of alkyl halides is 2. The second kappa shape index (κ2) is 8.29. The van der Waals surface area contributed by atoms with Gasteiger partial charge in [-0.2, -0.15) is 8.78 Å². The van der Waals surface area contributed by atoms with Crippen LogP contribution < -0.4 is 15.4 Å². The van der Waals surface area contributed by atoms with Gasteiger partial charge in [-0.25, -0.2) is 0 Å². The van der Waals surface area contributed by atoms with Gasteiger partial charge in [0, 0.05) is 18.7 Å². The van der Waals surface area contributed by atoms with Gasteiger partial charge in [-0.1, -0.05) is 13.0 Å². The summed E-state index contributed by atoms with van der Waals surface area (Å²) in [5.41, 5.74) is 0.353. The van der Waals surface area contributed by atoms with E-state index in [1.54, 1.807) is 6.07 Å². The fraction of sp³-hybridized carbons (Fsp3) is 0.533. The first kappa shape index (κ1) is 18.6. The Kier molecular flexibility index (Phi) is 7.03. The number of rotatable bonds is 5. The van der Waals surface area contributed by atoms with E-state index in [0.717, 1.165) is 25.9 Å². The van der Waals surface area contributed by atoms with Crippen LogP contribution in [0.2, 0.25) is 0 Å². The minimum absolute atomic E-state index is 0. The Labute approximate surface area is 135 Å². The standard InChI is InChI=1S/C15H20F2N2O2.ClH/c1-15(6-3-7-18-9-15)10-19-13(20)11-4-2-5-12(8-11)21-14(16)17;/h2,4-5,8,14,18H,3,6-7,9-10H2,1H3,(H,19,20);1H. The molecule has 0 saturated carbocycles. The number of carbonyl (C=O) groups excluding carboxylic acids is 1. The molecule has 22 heavy (non-hydrogen) atoms. The van der Waals surface area contributed by atoms with Crippen molar-refractivity contribution in [2.24, 2.45) is 5.41 Å². The number of carbonyl (C=O) groups is 1. The number of nitrogens with one attached hydrogen (secondary N) is 2. The van der Waals surface area contributed by atoms with Gasteiger partial charge in [-0.3, -0.25) is 4.79 Å². The van der Waals surface area contributed by atoms with Gasteiger partial charge in [0.25, 0.3) is 5.91 Å². The van der Waals surface area contributed by atoms with Crippen molar-refractivity contribution in [3.8, 4) is 5.75 Å². The van der Waals surface area contributed by atoms with E-state index in [4.69, 9.17) is 0 Å². The normalized spacial score (nSPS) is 21.1. The highest BCUT2D eigenvalue weighted by atomic mass is 35.5. The summed E-state index contributed by atoms with van der Waals surface area (Å²) >= 11 is 0. The van der Waals surface area contributed by atoms with Crippen LogP contribution in [-0.4, -0.2) is 32.2 Å². The fourth-order valence-corrected chi connectivity index (χ4v) is 2.48. The predicted molar refractivity (Wildman–Crippen MR) is 82.9 cm³/mol. The van der Waals surface area contributed by atoms with Crippen LogP contribution >= 0.6 is 12.4 Å². The Hall–Kier alpha value is -1.40. The Balaban J connectivity index is 0.00000242. The molecule has 7 heteroatoms. The van der Waals surface area contributed by atoms with Gasteiger partial charge in [0.05, 0.1) is 0 Å². The van der Waals surface area contributed by atoms with E-state index in [1.807, 2.05) is 0 Å². The van der Waals surface area contributed by atoms with Gasteiger partial charge in [-0.15, -0.1) is 12.4 Å². The van der Waals surface area contributed by atoms with Crippen molar-refractivity contribution in [3.63, 3.8) is 0 Å². The minimum Gasteiger partial charge on any atom is -0.435 e. The Morgan fingerprint density at radius 2 is 2.27 bits per heavy atom. The second-order valence-electron chi connectivity index (χ2n) is 5.68. The van der Waals surface area contributed by atoms with Gasteiger partial charge < -0.3 is 15.4 Å². The lowest BCUT2D eigenvalue weighted by Crippen LogP contribution is -2.45. The van der Waals surface area contributed by atoms with Crippen LogP contribution in [0.25, 0.3) is 0 Å². The number of piperidine rings is 1. The molecule has 1 saturated heterocycles. The molecule has 0 radical (unpaired) electrons. The lowest BCUT2D eigenvalue weighted by molar-refractivity contribution is -0.0498. The maximum Gasteiger partial charge on any atom is 0.387 e. The zero-order chi connectivity index (χ0) is 15.3. The molecule has 1 heterocycles. The van der Waals surface area contributed by atoms with Gasteiger partial charge in [0.15, 0.2) is 0 Å². The van der Waals surface area contributed by atoms with Crippen LogP contribution in [0.3, 0.4) is 0 Å². The molecular weight excluding hydrogens is 314 g/mol. The molecule has 1 atom stereocenters. The molecule has 124 valence electrons. The van der Waals surface area contributed by atoms with Crippen molar-refractivity contribution >= 4 is 18.3 Å². The molecule has 0 bridgehead atoms. The van der Waals surface area contributed by atoms with E-state index in [9.17, 15) is 13.6 Å². The average molecular weight is 335 g/mol. The smallest absolute Gasteiger partial charge is 0.387 e. The van der Waals surface area contributed by atoms with Crippen molar-refractivity contribution in [2.45, 2.75) is 26.4 Å². The summed E-state index contributed by atoms with van der Waals surface area (Å²) in [4.78, 5) is 12.1. The quantitative estimate of drug-likeness (QED) is 0.870. The molecular formula is C15H21ClF2N2O2. The Morgan fingerprint density at radius 1 is 1.50 bits per heavy atom. The summed E-state index contributed by atoms with van der Waals surface area (Å²) in [6.45, 7) is 1.66. The van der Waals surface area contributed by atoms with E-state index in [2.05, 4.69) is 22.3 Å². The van der Waals surface area contributed by atoms with Gasteiger partial charge in [0.2, 0.25) is 0 Å². The molecule has 1 aliphatic heterocycles. The van der Waals surface area contributed by atoms with E-state index in [-0.39, 0.29) is 29.5 Å². The molecule has 0 spiro atoms. The predicted octanol–water partition coefficient (Wildman–Crippen LogP) is 2.83. The first-order valence-electron chi connectivity index (χ1n) is 7.02. The van der Waals surface area contributed by atoms with Crippen molar-refractivity contribution < 1.29 is 18.3 Å². The maximum atomic E-state index is 12.2. The van der Waals surface area contributed by atoms with Crippen LogP contribution in [0.4, 0.5) is 8.78 Å². The molecule has 1 aliphatic rings. The van der Waals surface area contributed by atoms with Crippen molar-refractivity contribution in [2.75, 3.05) is 19.6 Å². The molecule has 2 N–H and O–H groups in total. The van der Waals surface area contributed by atoms with Crippen molar-refractivity contribution in [3.05, 3.63) is 29.8 Å². The first-order chi connectivity index (χ1) is 9.98. The van der Waals surface area contributed by atoms with Crippen molar-refractivity contribution in [1.29, 1.82) is 0 Å². The highest BCUT2D eigenvalue weighted by Crippen LogP contribution is 2.24. The summed E-state index contributed by atoms with van der Waals surface area (Å²) in [5, 5.41) is 6.18. The SMILES string of the molecule is CC1(CNC(=O)c2cccc(OC(F)F)c2)CCCNC1.Cl. The summed E-state index contributed by atoms with van der Waals surface area (Å²) < 4.78 is 28.6. The molecule has 1 aromatic rings. The van der Waals surface area contributed by atoms with Crippen LogP contribution in [0.5, 0.6) is 5.75 Å². The van der Waals surface area contributed by atoms with Crippen LogP contribution in [0.15, 0.2) is 24.3 Å². The molecule has 4 nitrogen and oxygen atoms in total. The monoisotopic (exact) mass is 334 g/mol. The third-order valence-electron chi connectivity index (χ3n) is 3.68. The minimum atomic E-state index is -2.89. The Bertz CT molecular complexity index is 494. The lowest BCUT2D eigenvalue weighted by Gasteiger charge is -2.34. The summed E-state index contributed by atoms with van der Waals surface area (Å²) in [7, 11) is 0. The highest BCUT2D eigenvalue weighted by Gasteiger charge is 2.27. The number of amides is 1. The largest absolute Gasteiger partial charge is 0.435 e.